The molecule has 2 saturated heterocycles. The predicted molar refractivity (Wildman–Crippen MR) is 71.2 cm³/mol. The van der Waals surface area contributed by atoms with Crippen LogP contribution in [0.3, 0.4) is 0 Å². The van der Waals surface area contributed by atoms with Crippen molar-refractivity contribution in [1.82, 2.24) is 9.62 Å². The van der Waals surface area contributed by atoms with Crippen LogP contribution in [0.1, 0.15) is 32.6 Å². The average Bonchev–Trinajstić information content (AvgIpc) is 2.99. The average molecular weight is 290 g/mol. The number of carbonyl (C=O) groups is 1. The number of sulfonamides is 1. The first-order chi connectivity index (χ1) is 8.89. The molecule has 0 bridgehead atoms. The lowest BCUT2D eigenvalue weighted by Crippen LogP contribution is -2.50. The molecule has 0 saturated carbocycles. The monoisotopic (exact) mass is 290 g/mol. The maximum Gasteiger partial charge on any atom is 0.238 e. The summed E-state index contributed by atoms with van der Waals surface area (Å²) in [5, 5.41) is 2.90. The Morgan fingerprint density at radius 1 is 1.37 bits per heavy atom. The van der Waals surface area contributed by atoms with E-state index in [0.29, 0.717) is 13.0 Å². The van der Waals surface area contributed by atoms with E-state index in [9.17, 15) is 13.2 Å². The second-order valence-corrected chi connectivity index (χ2v) is 7.32. The Morgan fingerprint density at radius 2 is 2.11 bits per heavy atom. The van der Waals surface area contributed by atoms with Gasteiger partial charge in [-0.3, -0.25) is 4.79 Å². The summed E-state index contributed by atoms with van der Waals surface area (Å²) in [4.78, 5) is 12.2. The summed E-state index contributed by atoms with van der Waals surface area (Å²) < 4.78 is 30.0. The van der Waals surface area contributed by atoms with Crippen molar-refractivity contribution in [3.8, 4) is 0 Å². The van der Waals surface area contributed by atoms with Crippen molar-refractivity contribution >= 4 is 15.9 Å². The SMILES string of the molecule is C[C@H](NC(=O)[C@@H]1CCCN1S(C)(=O)=O)[C@H]1CCCO1. The van der Waals surface area contributed by atoms with Gasteiger partial charge in [-0.25, -0.2) is 8.42 Å². The zero-order valence-electron chi connectivity index (χ0n) is 11.5. The summed E-state index contributed by atoms with van der Waals surface area (Å²) in [5.41, 5.74) is 0. The summed E-state index contributed by atoms with van der Waals surface area (Å²) in [7, 11) is -3.31. The minimum absolute atomic E-state index is 0.0528. The smallest absolute Gasteiger partial charge is 0.238 e. The van der Waals surface area contributed by atoms with Gasteiger partial charge in [0, 0.05) is 13.2 Å². The Kier molecular flexibility index (Phi) is 4.47. The van der Waals surface area contributed by atoms with E-state index >= 15 is 0 Å². The summed E-state index contributed by atoms with van der Waals surface area (Å²) in [5.74, 6) is -0.203. The number of nitrogens with one attached hydrogen (secondary N) is 1. The van der Waals surface area contributed by atoms with Gasteiger partial charge in [-0.15, -0.1) is 0 Å². The molecule has 0 unspecified atom stereocenters. The van der Waals surface area contributed by atoms with E-state index in [-0.39, 0.29) is 18.1 Å². The Hall–Kier alpha value is -0.660. The second kappa shape index (κ2) is 5.76. The molecule has 0 aromatic carbocycles. The summed E-state index contributed by atoms with van der Waals surface area (Å²) in [6.45, 7) is 3.09. The molecule has 1 amide bonds. The highest BCUT2D eigenvalue weighted by Crippen LogP contribution is 2.21. The van der Waals surface area contributed by atoms with Crippen molar-refractivity contribution in [2.45, 2.75) is 50.8 Å². The van der Waals surface area contributed by atoms with Crippen molar-refractivity contribution in [1.29, 1.82) is 0 Å². The van der Waals surface area contributed by atoms with E-state index in [2.05, 4.69) is 5.32 Å². The number of amides is 1. The van der Waals surface area contributed by atoms with Gasteiger partial charge in [0.2, 0.25) is 15.9 Å². The van der Waals surface area contributed by atoms with Gasteiger partial charge < -0.3 is 10.1 Å². The first-order valence-corrected chi connectivity index (χ1v) is 8.63. The standard InChI is InChI=1S/C12H22N2O4S/c1-9(11-6-4-8-18-11)13-12(15)10-5-3-7-14(10)19(2,16)17/h9-11H,3-8H2,1-2H3,(H,13,15)/t9-,10-,11+/m0/s1. The fourth-order valence-electron chi connectivity index (χ4n) is 2.81. The highest BCUT2D eigenvalue weighted by atomic mass is 32.2. The molecule has 2 aliphatic rings. The first-order valence-electron chi connectivity index (χ1n) is 6.78. The fraction of sp³-hybridized carbons (Fsp3) is 0.917. The predicted octanol–water partition coefficient (Wildman–Crippen LogP) is 0.0941. The van der Waals surface area contributed by atoms with Crippen molar-refractivity contribution in [3.05, 3.63) is 0 Å². The van der Waals surface area contributed by atoms with Crippen LogP contribution in [0.5, 0.6) is 0 Å². The van der Waals surface area contributed by atoms with E-state index in [1.165, 1.54) is 4.31 Å². The fourth-order valence-corrected chi connectivity index (χ4v) is 3.93. The number of hydrogen-bond donors (Lipinski definition) is 1. The van der Waals surface area contributed by atoms with Crippen LogP contribution in [0.15, 0.2) is 0 Å². The lowest BCUT2D eigenvalue weighted by molar-refractivity contribution is -0.125. The molecule has 0 aromatic heterocycles. The molecule has 0 aromatic rings. The normalized spacial score (nSPS) is 30.4. The highest BCUT2D eigenvalue weighted by Gasteiger charge is 2.37. The van der Waals surface area contributed by atoms with Crippen LogP contribution in [0.2, 0.25) is 0 Å². The van der Waals surface area contributed by atoms with E-state index in [4.69, 9.17) is 4.74 Å². The first kappa shape index (κ1) is 14.7. The van der Waals surface area contributed by atoms with E-state index in [1.807, 2.05) is 6.92 Å². The Bertz CT molecular complexity index is 431. The maximum absolute atomic E-state index is 12.2. The van der Waals surface area contributed by atoms with Gasteiger partial charge in [0.1, 0.15) is 6.04 Å². The van der Waals surface area contributed by atoms with Crippen molar-refractivity contribution in [2.75, 3.05) is 19.4 Å². The second-order valence-electron chi connectivity index (χ2n) is 5.38. The van der Waals surface area contributed by atoms with E-state index in [1.54, 1.807) is 0 Å². The number of rotatable bonds is 4. The minimum atomic E-state index is -3.31. The molecule has 2 fully saturated rings. The molecule has 19 heavy (non-hydrogen) atoms. The number of hydrogen-bond acceptors (Lipinski definition) is 4. The molecule has 3 atom stereocenters. The molecule has 2 rings (SSSR count). The molecule has 0 spiro atoms. The molecule has 110 valence electrons. The third kappa shape index (κ3) is 3.46. The number of nitrogens with zero attached hydrogens (tertiary/aromatic N) is 1. The Morgan fingerprint density at radius 3 is 2.68 bits per heavy atom. The molecular formula is C12H22N2O4S. The van der Waals surface area contributed by atoms with Crippen LogP contribution in [0.25, 0.3) is 0 Å². The van der Waals surface area contributed by atoms with Crippen LogP contribution in [0, 0.1) is 0 Å². The van der Waals surface area contributed by atoms with Gasteiger partial charge in [0.15, 0.2) is 0 Å². The molecule has 7 heteroatoms. The molecule has 0 radical (unpaired) electrons. The Balaban J connectivity index is 1.95. The molecule has 6 nitrogen and oxygen atoms in total. The number of ether oxygens (including phenoxy) is 1. The number of carbonyl (C=O) groups excluding carboxylic acids is 1. The lowest BCUT2D eigenvalue weighted by Gasteiger charge is -2.25. The molecule has 2 heterocycles. The molecule has 1 N–H and O–H groups in total. The summed E-state index contributed by atoms with van der Waals surface area (Å²) >= 11 is 0. The van der Waals surface area contributed by atoms with Crippen LogP contribution < -0.4 is 5.32 Å². The van der Waals surface area contributed by atoms with Gasteiger partial charge in [-0.1, -0.05) is 0 Å². The van der Waals surface area contributed by atoms with Crippen molar-refractivity contribution in [2.24, 2.45) is 0 Å². The van der Waals surface area contributed by atoms with Crippen LogP contribution >= 0.6 is 0 Å². The summed E-state index contributed by atoms with van der Waals surface area (Å²) in [6.07, 6.45) is 4.50. The van der Waals surface area contributed by atoms with Gasteiger partial charge in [0.25, 0.3) is 0 Å². The zero-order chi connectivity index (χ0) is 14.0. The van der Waals surface area contributed by atoms with Gasteiger partial charge in [-0.05, 0) is 32.6 Å². The summed E-state index contributed by atoms with van der Waals surface area (Å²) in [6, 6.07) is -0.629. The van der Waals surface area contributed by atoms with Crippen LogP contribution in [-0.4, -0.2) is 56.2 Å². The quantitative estimate of drug-likeness (QED) is 0.796. The Labute approximate surface area is 114 Å². The zero-order valence-corrected chi connectivity index (χ0v) is 12.3. The molecular weight excluding hydrogens is 268 g/mol. The third-order valence-corrected chi connectivity index (χ3v) is 5.11. The van der Waals surface area contributed by atoms with Crippen LogP contribution in [0.4, 0.5) is 0 Å². The minimum Gasteiger partial charge on any atom is -0.376 e. The molecule has 0 aliphatic carbocycles. The largest absolute Gasteiger partial charge is 0.376 e. The highest BCUT2D eigenvalue weighted by molar-refractivity contribution is 7.88. The third-order valence-electron chi connectivity index (χ3n) is 3.82. The van der Waals surface area contributed by atoms with Gasteiger partial charge >= 0.3 is 0 Å². The van der Waals surface area contributed by atoms with Gasteiger partial charge in [0.05, 0.1) is 18.4 Å². The van der Waals surface area contributed by atoms with E-state index < -0.39 is 16.1 Å². The van der Waals surface area contributed by atoms with Crippen molar-refractivity contribution < 1.29 is 17.9 Å². The molecule has 2 aliphatic heterocycles. The topological polar surface area (TPSA) is 75.7 Å². The van der Waals surface area contributed by atoms with E-state index in [0.717, 1.165) is 32.1 Å². The van der Waals surface area contributed by atoms with Crippen LogP contribution in [-0.2, 0) is 19.6 Å². The van der Waals surface area contributed by atoms with Crippen molar-refractivity contribution in [3.63, 3.8) is 0 Å². The maximum atomic E-state index is 12.2. The lowest BCUT2D eigenvalue weighted by atomic mass is 10.1. The van der Waals surface area contributed by atoms with Gasteiger partial charge in [-0.2, -0.15) is 4.31 Å².